The van der Waals surface area contributed by atoms with Gasteiger partial charge < -0.3 is 10.1 Å². The van der Waals surface area contributed by atoms with Gasteiger partial charge >= 0.3 is 6.18 Å². The summed E-state index contributed by atoms with van der Waals surface area (Å²) in [6.45, 7) is 2.67. The molecule has 3 aromatic rings. The molecule has 12 heteroatoms. The van der Waals surface area contributed by atoms with Gasteiger partial charge in [0.1, 0.15) is 15.6 Å². The molecular weight excluding hydrogens is 535 g/mol. The summed E-state index contributed by atoms with van der Waals surface area (Å²) in [5.74, 6) is -0.451. The van der Waals surface area contributed by atoms with E-state index in [1.54, 1.807) is 31.2 Å². The molecule has 0 aliphatic carbocycles. The van der Waals surface area contributed by atoms with E-state index in [0.29, 0.717) is 30.0 Å². The lowest BCUT2D eigenvalue weighted by Crippen LogP contribution is -2.35. The van der Waals surface area contributed by atoms with Crippen molar-refractivity contribution in [1.82, 2.24) is 5.32 Å². The van der Waals surface area contributed by atoms with Gasteiger partial charge in [0.15, 0.2) is 0 Å². The zero-order chi connectivity index (χ0) is 26.1. The third kappa shape index (κ3) is 5.78. The van der Waals surface area contributed by atoms with Gasteiger partial charge in [-0.1, -0.05) is 29.8 Å². The van der Waals surface area contributed by atoms with Crippen molar-refractivity contribution in [3.63, 3.8) is 0 Å². The lowest BCUT2D eigenvalue weighted by atomic mass is 10.1. The van der Waals surface area contributed by atoms with Gasteiger partial charge in [-0.05, 0) is 48.9 Å². The zero-order valence-electron chi connectivity index (χ0n) is 18.9. The van der Waals surface area contributed by atoms with Crippen LogP contribution in [0.15, 0.2) is 52.7 Å². The van der Waals surface area contributed by atoms with Crippen LogP contribution in [0.1, 0.15) is 24.5 Å². The predicted molar refractivity (Wildman–Crippen MR) is 133 cm³/mol. The van der Waals surface area contributed by atoms with Crippen LogP contribution >= 0.6 is 22.9 Å². The zero-order valence-corrected chi connectivity index (χ0v) is 21.3. The van der Waals surface area contributed by atoms with E-state index < -0.39 is 33.1 Å². The van der Waals surface area contributed by atoms with Crippen LogP contribution in [-0.2, 0) is 22.6 Å². The quantitative estimate of drug-likeness (QED) is 0.368. The Balaban J connectivity index is 1.64. The van der Waals surface area contributed by atoms with Crippen LogP contribution in [-0.4, -0.2) is 27.1 Å². The number of benzene rings is 2. The largest absolute Gasteiger partial charge is 0.485 e. The number of nitriles is 1. The molecule has 0 amide bonds. The van der Waals surface area contributed by atoms with Crippen LogP contribution in [0.3, 0.4) is 0 Å². The smallest absolute Gasteiger partial charge is 0.419 e. The van der Waals surface area contributed by atoms with Crippen LogP contribution in [0.2, 0.25) is 5.02 Å². The molecule has 1 aliphatic heterocycles. The van der Waals surface area contributed by atoms with Crippen molar-refractivity contribution in [2.45, 2.75) is 35.8 Å². The van der Waals surface area contributed by atoms with Gasteiger partial charge in [-0.25, -0.2) is 8.42 Å². The topological polar surface area (TPSA) is 91.2 Å². The monoisotopic (exact) mass is 555 g/mol. The molecule has 0 radical (unpaired) electrons. The predicted octanol–water partition coefficient (Wildman–Crippen LogP) is 6.08. The standard InChI is InChI=1S/C24H21ClF3N3O3S2/c1-23(8-10-30-14-23)34-20-12-17(5-6-18(20)24(26,27)28)31-36(32,33)21-13-19(25)22(35-21)16-4-2-3-15(11-16)7-9-29/h2-6,11-13,30-31H,7-8,10,14H2,1H3/t23-/m1/s1. The van der Waals surface area contributed by atoms with E-state index in [0.717, 1.165) is 35.1 Å². The number of ether oxygens (including phenoxy) is 1. The Morgan fingerprint density at radius 1 is 1.25 bits per heavy atom. The number of hydrogen-bond donors (Lipinski definition) is 2. The summed E-state index contributed by atoms with van der Waals surface area (Å²) in [7, 11) is -4.17. The van der Waals surface area contributed by atoms with Crippen LogP contribution in [0.5, 0.6) is 5.75 Å². The molecule has 0 unspecified atom stereocenters. The highest BCUT2D eigenvalue weighted by Crippen LogP contribution is 2.42. The molecule has 1 aliphatic rings. The van der Waals surface area contributed by atoms with Crippen molar-refractivity contribution in [1.29, 1.82) is 5.26 Å². The minimum Gasteiger partial charge on any atom is -0.485 e. The molecule has 4 rings (SSSR count). The van der Waals surface area contributed by atoms with E-state index in [1.165, 1.54) is 6.07 Å². The van der Waals surface area contributed by atoms with Crippen molar-refractivity contribution in [3.05, 3.63) is 64.7 Å². The first-order chi connectivity index (χ1) is 16.9. The maximum absolute atomic E-state index is 13.6. The minimum atomic E-state index is -4.68. The van der Waals surface area contributed by atoms with Gasteiger partial charge in [0, 0.05) is 19.0 Å². The number of rotatable bonds is 7. The molecule has 1 aromatic heterocycles. The molecule has 1 fully saturated rings. The Kier molecular flexibility index (Phi) is 7.26. The minimum absolute atomic E-state index is 0.0744. The fraction of sp³-hybridized carbons (Fsp3) is 0.292. The van der Waals surface area contributed by atoms with Gasteiger partial charge in [0.05, 0.1) is 33.6 Å². The number of nitrogens with zero attached hydrogens (tertiary/aromatic N) is 1. The van der Waals surface area contributed by atoms with Crippen molar-refractivity contribution in [2.75, 3.05) is 17.8 Å². The SMILES string of the molecule is C[C@@]1(Oc2cc(NS(=O)(=O)c3cc(Cl)c(-c4cccc(CC#N)c4)s3)ccc2C(F)(F)F)CCNC1. The second kappa shape index (κ2) is 9.94. The van der Waals surface area contributed by atoms with Gasteiger partial charge in [-0.2, -0.15) is 18.4 Å². The third-order valence-electron chi connectivity index (χ3n) is 5.63. The van der Waals surface area contributed by atoms with Crippen molar-refractivity contribution < 1.29 is 26.3 Å². The average molecular weight is 556 g/mol. The molecular formula is C24H21ClF3N3O3S2. The van der Waals surface area contributed by atoms with E-state index in [4.69, 9.17) is 21.6 Å². The highest BCUT2D eigenvalue weighted by molar-refractivity contribution is 7.94. The molecule has 0 spiro atoms. The van der Waals surface area contributed by atoms with Crippen LogP contribution in [0.25, 0.3) is 10.4 Å². The van der Waals surface area contributed by atoms with Gasteiger partial charge in [0.25, 0.3) is 10.0 Å². The summed E-state index contributed by atoms with van der Waals surface area (Å²) in [5.41, 5.74) is -0.506. The first-order valence-electron chi connectivity index (χ1n) is 10.8. The maximum atomic E-state index is 13.6. The Labute approximate surface area is 215 Å². The van der Waals surface area contributed by atoms with Gasteiger partial charge in [-0.3, -0.25) is 4.72 Å². The Morgan fingerprint density at radius 3 is 2.69 bits per heavy atom. The van der Waals surface area contributed by atoms with Crippen molar-refractivity contribution >= 4 is 38.6 Å². The normalized spacial score (nSPS) is 18.1. The highest BCUT2D eigenvalue weighted by Gasteiger charge is 2.38. The van der Waals surface area contributed by atoms with E-state index in [9.17, 15) is 21.6 Å². The van der Waals surface area contributed by atoms with Crippen LogP contribution in [0, 0.1) is 11.3 Å². The number of sulfonamides is 1. The number of thiophene rings is 1. The first-order valence-corrected chi connectivity index (χ1v) is 13.5. The molecule has 2 N–H and O–H groups in total. The Morgan fingerprint density at radius 2 is 2.03 bits per heavy atom. The van der Waals surface area contributed by atoms with E-state index in [-0.39, 0.29) is 21.3 Å². The number of alkyl halides is 3. The lowest BCUT2D eigenvalue weighted by Gasteiger charge is -2.27. The van der Waals surface area contributed by atoms with Gasteiger partial charge in [-0.15, -0.1) is 11.3 Å². The van der Waals surface area contributed by atoms with Crippen molar-refractivity contribution in [2.24, 2.45) is 0 Å². The van der Waals surface area contributed by atoms with Crippen molar-refractivity contribution in [3.8, 4) is 22.3 Å². The molecule has 2 heterocycles. The average Bonchev–Trinajstić information content (AvgIpc) is 3.39. The molecule has 0 saturated carbocycles. The van der Waals surface area contributed by atoms with Gasteiger partial charge in [0.2, 0.25) is 0 Å². The first kappa shape index (κ1) is 26.3. The lowest BCUT2D eigenvalue weighted by molar-refractivity contribution is -0.139. The second-order valence-electron chi connectivity index (χ2n) is 8.57. The second-order valence-corrected chi connectivity index (χ2v) is 11.9. The summed E-state index contributed by atoms with van der Waals surface area (Å²) < 4.78 is 75.0. The summed E-state index contributed by atoms with van der Waals surface area (Å²) >= 11 is 7.24. The van der Waals surface area contributed by atoms with E-state index >= 15 is 0 Å². The summed E-state index contributed by atoms with van der Waals surface area (Å²) in [6.07, 6.45) is -3.98. The fourth-order valence-electron chi connectivity index (χ4n) is 3.85. The number of anilines is 1. The third-order valence-corrected chi connectivity index (χ3v) is 9.08. The van der Waals surface area contributed by atoms with Crippen LogP contribution in [0.4, 0.5) is 18.9 Å². The summed E-state index contributed by atoms with van der Waals surface area (Å²) in [5, 5.41) is 12.2. The molecule has 1 saturated heterocycles. The Bertz CT molecular complexity index is 1430. The molecule has 0 bridgehead atoms. The number of hydrogen-bond acceptors (Lipinski definition) is 6. The van der Waals surface area contributed by atoms with E-state index in [1.807, 2.05) is 0 Å². The van der Waals surface area contributed by atoms with E-state index in [2.05, 4.69) is 16.1 Å². The molecule has 1 atom stereocenters. The molecule has 6 nitrogen and oxygen atoms in total. The Hall–Kier alpha value is -2.78. The molecule has 36 heavy (non-hydrogen) atoms. The summed E-state index contributed by atoms with van der Waals surface area (Å²) in [6, 6.07) is 13.3. The summed E-state index contributed by atoms with van der Waals surface area (Å²) in [4.78, 5) is 0.495. The number of halogens is 4. The molecule has 2 aromatic carbocycles. The highest BCUT2D eigenvalue weighted by atomic mass is 35.5. The number of nitrogens with one attached hydrogen (secondary N) is 2. The van der Waals surface area contributed by atoms with Crippen LogP contribution < -0.4 is 14.8 Å². The fourth-order valence-corrected chi connectivity index (χ4v) is 6.71. The molecule has 190 valence electrons. The maximum Gasteiger partial charge on any atom is 0.419 e.